The van der Waals surface area contributed by atoms with E-state index in [1.54, 1.807) is 11.3 Å². The maximum Gasteiger partial charge on any atom is 0.216 e. The molecule has 1 radical (unpaired) electrons. The topological polar surface area (TPSA) is 76.2 Å². The maximum atomic E-state index is 11.7. The summed E-state index contributed by atoms with van der Waals surface area (Å²) in [5, 5.41) is 13.0. The number of hydrogen-bond donors (Lipinski definition) is 1. The van der Waals surface area contributed by atoms with E-state index in [0.29, 0.717) is 5.71 Å². The molecule has 0 aliphatic carbocycles. The van der Waals surface area contributed by atoms with Gasteiger partial charge in [0.1, 0.15) is 0 Å². The normalized spacial score (nSPS) is 11.8. The third kappa shape index (κ3) is 6.71. The first-order valence-electron chi connectivity index (χ1n) is 13.8. The standard InChI is InChI=1S/C20H13N2OS.C13H24O2.Ir/c1-11-6-7-14-13-4-3-5-15(19(13)23-20(14)22-11)18-16-10-12(2)24-17(16)8-9-21-18;1-5-10(6-2)12(14)9-13(15)11(7-3)8-4;/h3-4,6-10H,1-2H3;9-11,14H,5-8H2,1-4H3;/q-1;;/b;12-9-;. The Morgan fingerprint density at radius 3 is 2.38 bits per heavy atom. The van der Waals surface area contributed by atoms with Crippen molar-refractivity contribution in [1.29, 1.82) is 0 Å². The molecule has 0 amide bonds. The van der Waals surface area contributed by atoms with Crippen LogP contribution < -0.4 is 0 Å². The van der Waals surface area contributed by atoms with E-state index >= 15 is 0 Å². The van der Waals surface area contributed by atoms with E-state index < -0.39 is 0 Å². The number of aliphatic hydroxyl groups is 1. The Hall–Kier alpha value is -2.86. The molecule has 40 heavy (non-hydrogen) atoms. The first-order chi connectivity index (χ1) is 18.8. The minimum absolute atomic E-state index is 0. The van der Waals surface area contributed by atoms with Gasteiger partial charge >= 0.3 is 0 Å². The zero-order chi connectivity index (χ0) is 28.1. The molecule has 5 rings (SSSR count). The third-order valence-electron chi connectivity index (χ3n) is 7.33. The molecule has 0 unspecified atom stereocenters. The van der Waals surface area contributed by atoms with Gasteiger partial charge in [-0.15, -0.1) is 29.5 Å². The molecule has 0 saturated carbocycles. The number of aromatic nitrogens is 2. The smallest absolute Gasteiger partial charge is 0.216 e. The molecule has 0 atom stereocenters. The van der Waals surface area contributed by atoms with Crippen molar-refractivity contribution in [3.8, 4) is 11.3 Å². The summed E-state index contributed by atoms with van der Waals surface area (Å²) in [6.45, 7) is 12.2. The fraction of sp³-hybridized carbons (Fsp3) is 0.364. The number of aryl methyl sites for hydroxylation is 2. The average Bonchev–Trinajstić information content (AvgIpc) is 3.49. The second-order valence-electron chi connectivity index (χ2n) is 9.93. The molecule has 0 fully saturated rings. The molecule has 0 saturated heterocycles. The fourth-order valence-corrected chi connectivity index (χ4v) is 5.88. The van der Waals surface area contributed by atoms with E-state index in [9.17, 15) is 9.90 Å². The van der Waals surface area contributed by atoms with Crippen LogP contribution in [0.3, 0.4) is 0 Å². The van der Waals surface area contributed by atoms with Crippen molar-refractivity contribution >= 4 is 49.3 Å². The van der Waals surface area contributed by atoms with Gasteiger partial charge in [-0.1, -0.05) is 38.6 Å². The molecular formula is C33H37IrN2O3S-. The van der Waals surface area contributed by atoms with Crippen molar-refractivity contribution in [2.45, 2.75) is 67.2 Å². The second-order valence-corrected chi connectivity index (χ2v) is 11.2. The maximum absolute atomic E-state index is 11.7. The summed E-state index contributed by atoms with van der Waals surface area (Å²) in [7, 11) is 0. The summed E-state index contributed by atoms with van der Waals surface area (Å²) in [5.74, 6) is 0.547. The van der Waals surface area contributed by atoms with Gasteiger partial charge in [0.15, 0.2) is 5.78 Å². The van der Waals surface area contributed by atoms with Gasteiger partial charge in [-0.2, -0.15) is 0 Å². The molecule has 4 aromatic heterocycles. The van der Waals surface area contributed by atoms with Crippen molar-refractivity contribution in [2.24, 2.45) is 11.8 Å². The molecule has 4 heterocycles. The molecule has 7 heteroatoms. The number of carbonyl (C=O) groups is 1. The molecule has 1 aromatic carbocycles. The number of allylic oxidation sites excluding steroid dienone is 2. The van der Waals surface area contributed by atoms with Crippen LogP contribution in [0.2, 0.25) is 0 Å². The van der Waals surface area contributed by atoms with Crippen LogP contribution in [0.25, 0.3) is 43.4 Å². The predicted octanol–water partition coefficient (Wildman–Crippen LogP) is 9.54. The number of benzene rings is 1. The average molecular weight is 734 g/mol. The first-order valence-corrected chi connectivity index (χ1v) is 14.6. The van der Waals surface area contributed by atoms with Crippen molar-refractivity contribution in [1.82, 2.24) is 9.97 Å². The van der Waals surface area contributed by atoms with Crippen LogP contribution in [0.1, 0.15) is 63.9 Å². The monoisotopic (exact) mass is 734 g/mol. The summed E-state index contributed by atoms with van der Waals surface area (Å²) in [6, 6.07) is 15.6. The Morgan fingerprint density at radius 1 is 1.00 bits per heavy atom. The summed E-state index contributed by atoms with van der Waals surface area (Å²) >= 11 is 1.78. The molecule has 5 nitrogen and oxygen atoms in total. The number of hydrogen-bond acceptors (Lipinski definition) is 6. The number of carbonyl (C=O) groups excluding carboxylic acids is 1. The van der Waals surface area contributed by atoms with Crippen LogP contribution in [0.4, 0.5) is 0 Å². The van der Waals surface area contributed by atoms with Gasteiger partial charge in [-0.3, -0.25) is 4.79 Å². The molecule has 0 aliphatic heterocycles. The van der Waals surface area contributed by atoms with Crippen LogP contribution >= 0.6 is 11.3 Å². The molecule has 1 N–H and O–H groups in total. The Morgan fingerprint density at radius 2 is 1.70 bits per heavy atom. The minimum atomic E-state index is 0. The summed E-state index contributed by atoms with van der Waals surface area (Å²) in [6.07, 6.45) is 6.76. The number of thiophene rings is 1. The van der Waals surface area contributed by atoms with E-state index in [0.717, 1.165) is 64.4 Å². The number of rotatable bonds is 8. The first kappa shape index (κ1) is 31.7. The van der Waals surface area contributed by atoms with Crippen molar-refractivity contribution in [3.63, 3.8) is 0 Å². The Labute approximate surface area is 254 Å². The van der Waals surface area contributed by atoms with Gasteiger partial charge in [0.2, 0.25) is 5.71 Å². The number of ketones is 1. The van der Waals surface area contributed by atoms with Gasteiger partial charge in [-0.05, 0) is 69.2 Å². The predicted molar refractivity (Wildman–Crippen MR) is 162 cm³/mol. The van der Waals surface area contributed by atoms with Crippen LogP contribution in [0.5, 0.6) is 0 Å². The van der Waals surface area contributed by atoms with Crippen LogP contribution in [0.15, 0.2) is 58.8 Å². The van der Waals surface area contributed by atoms with Gasteiger partial charge < -0.3 is 14.5 Å². The number of nitrogens with zero attached hydrogens (tertiary/aromatic N) is 2. The number of pyridine rings is 2. The van der Waals surface area contributed by atoms with E-state index in [1.807, 2.05) is 59.0 Å². The van der Waals surface area contributed by atoms with Crippen molar-refractivity contribution in [2.75, 3.05) is 0 Å². The van der Waals surface area contributed by atoms with E-state index in [1.165, 1.54) is 15.7 Å². The van der Waals surface area contributed by atoms with Crippen molar-refractivity contribution < 1.29 is 34.4 Å². The van der Waals surface area contributed by atoms with Gasteiger partial charge in [0.05, 0.1) is 11.3 Å². The zero-order valence-corrected chi connectivity index (χ0v) is 27.2. The number of furan rings is 1. The SMILES string of the molecule is CCC(CC)C(=O)/C=C(\O)C(CC)CC.Cc1ccc2c(n1)oc1c(-c3nccc4sc(C)cc34)[c-]ccc12.[Ir]. The summed E-state index contributed by atoms with van der Waals surface area (Å²) in [5.41, 5.74) is 4.22. The molecule has 213 valence electrons. The van der Waals surface area contributed by atoms with Crippen LogP contribution in [0, 0.1) is 31.7 Å². The molecule has 5 aromatic rings. The van der Waals surface area contributed by atoms with Crippen LogP contribution in [-0.2, 0) is 24.9 Å². The molecular weight excluding hydrogens is 697 g/mol. The molecule has 0 aliphatic rings. The minimum Gasteiger partial charge on any atom is -0.512 e. The van der Waals surface area contributed by atoms with E-state index in [4.69, 9.17) is 4.42 Å². The molecule has 0 bridgehead atoms. The fourth-order valence-electron chi connectivity index (χ4n) is 4.96. The van der Waals surface area contributed by atoms with E-state index in [2.05, 4.69) is 41.2 Å². The number of aliphatic hydroxyl groups excluding tert-OH is 1. The summed E-state index contributed by atoms with van der Waals surface area (Å²) in [4.78, 5) is 22.1. The third-order valence-corrected chi connectivity index (χ3v) is 8.34. The Balaban J connectivity index is 0.000000243. The van der Waals surface area contributed by atoms with E-state index in [-0.39, 0.29) is 43.5 Å². The zero-order valence-electron chi connectivity index (χ0n) is 24.0. The number of fused-ring (bicyclic) bond motifs is 4. The Kier molecular flexibility index (Phi) is 11.2. The van der Waals surface area contributed by atoms with Gasteiger partial charge in [-0.25, -0.2) is 4.98 Å². The van der Waals surface area contributed by atoms with Gasteiger partial charge in [0.25, 0.3) is 0 Å². The molecule has 0 spiro atoms. The Bertz CT molecular complexity index is 1630. The van der Waals surface area contributed by atoms with Crippen LogP contribution in [-0.4, -0.2) is 20.9 Å². The summed E-state index contributed by atoms with van der Waals surface area (Å²) < 4.78 is 7.33. The second kappa shape index (κ2) is 14.2. The van der Waals surface area contributed by atoms with Crippen molar-refractivity contribution in [3.05, 3.63) is 71.1 Å². The van der Waals surface area contributed by atoms with Gasteiger partial charge in [0, 0.05) is 70.6 Å². The quantitative estimate of drug-likeness (QED) is 0.0977. The largest absolute Gasteiger partial charge is 0.512 e.